The van der Waals surface area contributed by atoms with Gasteiger partial charge in [-0.2, -0.15) is 0 Å². The number of amides is 1. The first-order valence-electron chi connectivity index (χ1n) is 8.32. The fourth-order valence-corrected chi connectivity index (χ4v) is 2.56. The molecule has 1 fully saturated rings. The summed E-state index contributed by atoms with van der Waals surface area (Å²) in [6.45, 7) is 4.20. The zero-order valence-electron chi connectivity index (χ0n) is 14.9. The fourth-order valence-electron chi connectivity index (χ4n) is 2.56. The Morgan fingerprint density at radius 3 is 2.33 bits per heavy atom. The Kier molecular flexibility index (Phi) is 11.3. The molecule has 2 N–H and O–H groups in total. The van der Waals surface area contributed by atoms with E-state index in [1.165, 1.54) is 24.0 Å². The van der Waals surface area contributed by atoms with Crippen molar-refractivity contribution >= 4 is 30.7 Å². The van der Waals surface area contributed by atoms with Crippen LogP contribution in [0.15, 0.2) is 24.3 Å². The smallest absolute Gasteiger partial charge is 0.234 e. The summed E-state index contributed by atoms with van der Waals surface area (Å²) in [6, 6.07) is 8.89. The molecule has 1 aromatic rings. The van der Waals surface area contributed by atoms with Crippen LogP contribution < -0.4 is 10.6 Å². The normalized spacial score (nSPS) is 14.5. The van der Waals surface area contributed by atoms with Crippen molar-refractivity contribution in [2.75, 3.05) is 33.7 Å². The maximum absolute atomic E-state index is 11.9. The van der Waals surface area contributed by atoms with Crippen LogP contribution in [0.5, 0.6) is 0 Å². The average Bonchev–Trinajstić information content (AvgIpc) is 3.32. The van der Waals surface area contributed by atoms with Crippen molar-refractivity contribution < 1.29 is 4.79 Å². The first kappa shape index (κ1) is 23.2. The lowest BCUT2D eigenvalue weighted by atomic mass is 10.0. The van der Waals surface area contributed by atoms with Crippen LogP contribution in [0, 0.1) is 5.92 Å². The number of carbonyl (C=O) groups excluding carboxylic acids is 1. The van der Waals surface area contributed by atoms with E-state index in [9.17, 15) is 4.79 Å². The molecule has 1 aliphatic rings. The van der Waals surface area contributed by atoms with Crippen LogP contribution in [0.3, 0.4) is 0 Å². The minimum Gasteiger partial charge on any atom is -0.353 e. The van der Waals surface area contributed by atoms with E-state index >= 15 is 0 Å². The lowest BCUT2D eigenvalue weighted by Gasteiger charge is -2.25. The molecule has 24 heavy (non-hydrogen) atoms. The van der Waals surface area contributed by atoms with Gasteiger partial charge in [-0.15, -0.1) is 24.8 Å². The third-order valence-corrected chi connectivity index (χ3v) is 4.30. The quantitative estimate of drug-likeness (QED) is 0.697. The average molecular weight is 376 g/mol. The molecular formula is C18H31Cl2N3O. The molecule has 0 bridgehead atoms. The SMILES string of the molecule is CCc1ccc(C(CNC(=O)CNCC2CC2)N(C)C)cc1.Cl.Cl. The topological polar surface area (TPSA) is 44.4 Å². The van der Waals surface area contributed by atoms with E-state index < -0.39 is 0 Å². The maximum Gasteiger partial charge on any atom is 0.234 e. The number of halogens is 2. The van der Waals surface area contributed by atoms with Gasteiger partial charge < -0.3 is 15.5 Å². The van der Waals surface area contributed by atoms with Gasteiger partial charge in [0.1, 0.15) is 0 Å². The number of nitrogens with one attached hydrogen (secondary N) is 2. The molecule has 1 amide bonds. The third kappa shape index (κ3) is 7.84. The first-order chi connectivity index (χ1) is 10.6. The van der Waals surface area contributed by atoms with Gasteiger partial charge in [0.2, 0.25) is 5.91 Å². The zero-order chi connectivity index (χ0) is 15.9. The highest BCUT2D eigenvalue weighted by atomic mass is 35.5. The molecule has 2 rings (SSSR count). The molecule has 0 aliphatic heterocycles. The second-order valence-corrected chi connectivity index (χ2v) is 6.45. The second kappa shape index (κ2) is 11.7. The van der Waals surface area contributed by atoms with Gasteiger partial charge in [0.15, 0.2) is 0 Å². The summed E-state index contributed by atoms with van der Waals surface area (Å²) in [6.07, 6.45) is 3.67. The van der Waals surface area contributed by atoms with Crippen LogP contribution in [0.2, 0.25) is 0 Å². The number of hydrogen-bond donors (Lipinski definition) is 2. The Labute approximate surface area is 158 Å². The standard InChI is InChI=1S/C18H29N3O.2ClH/c1-4-14-7-9-16(10-8-14)17(21(2)3)12-20-18(22)13-19-11-15-5-6-15;;/h7-10,15,17,19H,4-6,11-13H2,1-3H3,(H,20,22);2*1H. The van der Waals surface area contributed by atoms with E-state index in [1.807, 2.05) is 0 Å². The van der Waals surface area contributed by atoms with E-state index in [-0.39, 0.29) is 36.8 Å². The fraction of sp³-hybridized carbons (Fsp3) is 0.611. The number of hydrogen-bond acceptors (Lipinski definition) is 3. The lowest BCUT2D eigenvalue weighted by molar-refractivity contribution is -0.120. The first-order valence-corrected chi connectivity index (χ1v) is 8.32. The van der Waals surface area contributed by atoms with Crippen LogP contribution in [0.4, 0.5) is 0 Å². The van der Waals surface area contributed by atoms with E-state index in [4.69, 9.17) is 0 Å². The van der Waals surface area contributed by atoms with E-state index in [2.05, 4.69) is 60.8 Å². The van der Waals surface area contributed by atoms with Gasteiger partial charge in [0, 0.05) is 6.54 Å². The highest BCUT2D eigenvalue weighted by Crippen LogP contribution is 2.27. The highest BCUT2D eigenvalue weighted by Gasteiger charge is 2.21. The van der Waals surface area contributed by atoms with Crippen LogP contribution in [0.25, 0.3) is 0 Å². The minimum absolute atomic E-state index is 0. The van der Waals surface area contributed by atoms with Gasteiger partial charge in [-0.3, -0.25) is 4.79 Å². The van der Waals surface area contributed by atoms with Crippen molar-refractivity contribution in [3.05, 3.63) is 35.4 Å². The second-order valence-electron chi connectivity index (χ2n) is 6.45. The maximum atomic E-state index is 11.9. The van der Waals surface area contributed by atoms with E-state index in [0.29, 0.717) is 13.1 Å². The van der Waals surface area contributed by atoms with Crippen LogP contribution in [-0.4, -0.2) is 44.5 Å². The number of nitrogens with zero attached hydrogens (tertiary/aromatic N) is 1. The summed E-state index contributed by atoms with van der Waals surface area (Å²) in [7, 11) is 4.10. The van der Waals surface area contributed by atoms with E-state index in [0.717, 1.165) is 18.9 Å². The molecule has 0 spiro atoms. The van der Waals surface area contributed by atoms with Crippen molar-refractivity contribution in [1.82, 2.24) is 15.5 Å². The Morgan fingerprint density at radius 1 is 1.21 bits per heavy atom. The van der Waals surface area contributed by atoms with Crippen molar-refractivity contribution in [2.24, 2.45) is 5.92 Å². The van der Waals surface area contributed by atoms with Crippen molar-refractivity contribution in [3.63, 3.8) is 0 Å². The summed E-state index contributed by atoms with van der Waals surface area (Å²) >= 11 is 0. The third-order valence-electron chi connectivity index (χ3n) is 4.30. The van der Waals surface area contributed by atoms with Crippen LogP contribution >= 0.6 is 24.8 Å². The molecule has 1 atom stereocenters. The number of rotatable bonds is 9. The Balaban J connectivity index is 0.00000264. The molecule has 1 saturated carbocycles. The molecule has 4 nitrogen and oxygen atoms in total. The Hall–Kier alpha value is -0.810. The zero-order valence-corrected chi connectivity index (χ0v) is 16.5. The van der Waals surface area contributed by atoms with Crippen molar-refractivity contribution in [1.29, 1.82) is 0 Å². The van der Waals surface area contributed by atoms with Gasteiger partial charge in [-0.05, 0) is 56.9 Å². The number of carbonyl (C=O) groups is 1. The monoisotopic (exact) mass is 375 g/mol. The van der Waals surface area contributed by atoms with Crippen molar-refractivity contribution in [3.8, 4) is 0 Å². The molecule has 1 aromatic carbocycles. The van der Waals surface area contributed by atoms with Gasteiger partial charge in [-0.1, -0.05) is 31.2 Å². The number of aryl methyl sites for hydroxylation is 1. The molecule has 138 valence electrons. The van der Waals surface area contributed by atoms with Gasteiger partial charge >= 0.3 is 0 Å². The Bertz CT molecular complexity index is 476. The summed E-state index contributed by atoms with van der Waals surface area (Å²) in [5, 5.41) is 6.27. The minimum atomic E-state index is 0. The molecular weight excluding hydrogens is 345 g/mol. The van der Waals surface area contributed by atoms with Gasteiger partial charge in [0.05, 0.1) is 12.6 Å². The molecule has 0 heterocycles. The summed E-state index contributed by atoms with van der Waals surface area (Å²) in [4.78, 5) is 14.1. The summed E-state index contributed by atoms with van der Waals surface area (Å²) < 4.78 is 0. The van der Waals surface area contributed by atoms with Crippen LogP contribution in [-0.2, 0) is 11.2 Å². The van der Waals surface area contributed by atoms with E-state index in [1.54, 1.807) is 0 Å². The van der Waals surface area contributed by atoms with Gasteiger partial charge in [0.25, 0.3) is 0 Å². The largest absolute Gasteiger partial charge is 0.353 e. The molecule has 1 unspecified atom stereocenters. The highest BCUT2D eigenvalue weighted by molar-refractivity contribution is 5.85. The van der Waals surface area contributed by atoms with Gasteiger partial charge in [-0.25, -0.2) is 0 Å². The lowest BCUT2D eigenvalue weighted by Crippen LogP contribution is -2.39. The van der Waals surface area contributed by atoms with Crippen molar-refractivity contribution in [2.45, 2.75) is 32.2 Å². The predicted octanol–water partition coefficient (Wildman–Crippen LogP) is 2.81. The summed E-state index contributed by atoms with van der Waals surface area (Å²) in [5.74, 6) is 0.886. The molecule has 0 aromatic heterocycles. The van der Waals surface area contributed by atoms with Crippen LogP contribution in [0.1, 0.15) is 36.9 Å². The number of benzene rings is 1. The molecule has 0 radical (unpaired) electrons. The number of likely N-dealkylation sites (N-methyl/N-ethyl adjacent to an activating group) is 1. The molecule has 0 saturated heterocycles. The Morgan fingerprint density at radius 2 is 1.83 bits per heavy atom. The summed E-state index contributed by atoms with van der Waals surface area (Å²) in [5.41, 5.74) is 2.59. The molecule has 6 heteroatoms. The predicted molar refractivity (Wildman–Crippen MR) is 105 cm³/mol. The molecule has 1 aliphatic carbocycles.